The maximum atomic E-state index is 12.0. The summed E-state index contributed by atoms with van der Waals surface area (Å²) in [6.07, 6.45) is 5.76. The number of rotatable bonds is 3. The van der Waals surface area contributed by atoms with Crippen molar-refractivity contribution in [1.29, 1.82) is 0 Å². The molecular weight excluding hydrogens is 224 g/mol. The first-order valence-electron chi connectivity index (χ1n) is 6.48. The Bertz CT molecular complexity index is 408. The molecule has 96 valence electrons. The fraction of sp³-hybridized carbons (Fsp3) is 0.400. The molecule has 0 aromatic heterocycles. The molecule has 1 aliphatic heterocycles. The minimum Gasteiger partial charge on any atom is -0.338 e. The summed E-state index contributed by atoms with van der Waals surface area (Å²) in [5.74, 6) is 0.0764. The highest BCUT2D eigenvalue weighted by Crippen LogP contribution is 2.09. The fourth-order valence-corrected chi connectivity index (χ4v) is 2.19. The molecule has 1 aromatic carbocycles. The number of nitrogens with one attached hydrogen (secondary N) is 1. The van der Waals surface area contributed by atoms with Gasteiger partial charge in [-0.1, -0.05) is 30.3 Å². The van der Waals surface area contributed by atoms with Crippen LogP contribution in [0.1, 0.15) is 18.4 Å². The summed E-state index contributed by atoms with van der Waals surface area (Å²) in [6, 6.07) is 10.2. The molecule has 0 aliphatic carbocycles. The minimum atomic E-state index is 0.0764. The van der Waals surface area contributed by atoms with Crippen LogP contribution in [0, 0.1) is 0 Å². The number of likely N-dealkylation sites (N-methyl/N-ethyl adjacent to an activating group) is 1. The maximum absolute atomic E-state index is 12.0. The molecule has 1 aromatic rings. The number of amides is 1. The molecular formula is C15H20N2O. The average molecular weight is 244 g/mol. The van der Waals surface area contributed by atoms with Gasteiger partial charge in [-0.15, -0.1) is 0 Å². The van der Waals surface area contributed by atoms with E-state index in [1.54, 1.807) is 6.08 Å². The molecule has 1 amide bonds. The van der Waals surface area contributed by atoms with Crippen LogP contribution < -0.4 is 5.32 Å². The first-order chi connectivity index (χ1) is 8.77. The van der Waals surface area contributed by atoms with E-state index in [1.807, 2.05) is 48.4 Å². The molecule has 0 spiro atoms. The van der Waals surface area contributed by atoms with Crippen LogP contribution in [0.5, 0.6) is 0 Å². The zero-order valence-electron chi connectivity index (χ0n) is 10.8. The second kappa shape index (κ2) is 6.36. The van der Waals surface area contributed by atoms with E-state index in [9.17, 15) is 4.79 Å². The van der Waals surface area contributed by atoms with Crippen molar-refractivity contribution in [3.05, 3.63) is 42.0 Å². The molecule has 2 rings (SSSR count). The lowest BCUT2D eigenvalue weighted by Gasteiger charge is -2.31. The van der Waals surface area contributed by atoms with Gasteiger partial charge in [0.2, 0.25) is 5.91 Å². The molecule has 1 fully saturated rings. The Morgan fingerprint density at radius 3 is 2.83 bits per heavy atom. The summed E-state index contributed by atoms with van der Waals surface area (Å²) in [6.45, 7) is 1.97. The smallest absolute Gasteiger partial charge is 0.246 e. The quantitative estimate of drug-likeness (QED) is 0.824. The van der Waals surface area contributed by atoms with E-state index >= 15 is 0 Å². The van der Waals surface area contributed by atoms with E-state index in [0.717, 1.165) is 31.5 Å². The van der Waals surface area contributed by atoms with Crippen molar-refractivity contribution in [3.63, 3.8) is 0 Å². The Morgan fingerprint density at radius 2 is 2.17 bits per heavy atom. The third kappa shape index (κ3) is 3.44. The van der Waals surface area contributed by atoms with Crippen molar-refractivity contribution in [1.82, 2.24) is 10.2 Å². The number of piperidine rings is 1. The molecule has 1 N–H and O–H groups in total. The van der Waals surface area contributed by atoms with Crippen molar-refractivity contribution in [2.24, 2.45) is 0 Å². The molecule has 18 heavy (non-hydrogen) atoms. The number of nitrogens with zero attached hydrogens (tertiary/aromatic N) is 1. The Labute approximate surface area is 108 Å². The van der Waals surface area contributed by atoms with E-state index < -0.39 is 0 Å². The van der Waals surface area contributed by atoms with Gasteiger partial charge in [0.25, 0.3) is 0 Å². The van der Waals surface area contributed by atoms with Gasteiger partial charge in [-0.25, -0.2) is 0 Å². The van der Waals surface area contributed by atoms with Crippen molar-refractivity contribution in [2.75, 3.05) is 20.1 Å². The van der Waals surface area contributed by atoms with Crippen molar-refractivity contribution in [3.8, 4) is 0 Å². The highest BCUT2D eigenvalue weighted by atomic mass is 16.2. The molecule has 1 aliphatic rings. The third-order valence-electron chi connectivity index (χ3n) is 3.38. The minimum absolute atomic E-state index is 0.0764. The van der Waals surface area contributed by atoms with Crippen molar-refractivity contribution in [2.45, 2.75) is 18.9 Å². The lowest BCUT2D eigenvalue weighted by atomic mass is 10.1. The predicted octanol–water partition coefficient (Wildman–Crippen LogP) is 1.91. The molecule has 3 heteroatoms. The normalized spacial score (nSPS) is 19.9. The van der Waals surface area contributed by atoms with Gasteiger partial charge in [0.05, 0.1) is 0 Å². The molecule has 3 nitrogen and oxygen atoms in total. The molecule has 0 radical (unpaired) electrons. The molecule has 1 heterocycles. The van der Waals surface area contributed by atoms with Crippen LogP contribution in [0.4, 0.5) is 0 Å². The summed E-state index contributed by atoms with van der Waals surface area (Å²) >= 11 is 0. The van der Waals surface area contributed by atoms with Crippen LogP contribution >= 0.6 is 0 Å². The Morgan fingerprint density at radius 1 is 1.39 bits per heavy atom. The monoisotopic (exact) mass is 244 g/mol. The Hall–Kier alpha value is -1.61. The van der Waals surface area contributed by atoms with Crippen LogP contribution in [0.3, 0.4) is 0 Å². The highest BCUT2D eigenvalue weighted by molar-refractivity contribution is 5.91. The lowest BCUT2D eigenvalue weighted by Crippen LogP contribution is -2.46. The maximum Gasteiger partial charge on any atom is 0.246 e. The first-order valence-corrected chi connectivity index (χ1v) is 6.48. The van der Waals surface area contributed by atoms with E-state index in [1.165, 1.54) is 0 Å². The Kier molecular flexibility index (Phi) is 4.53. The average Bonchev–Trinajstić information content (AvgIpc) is 2.46. The topological polar surface area (TPSA) is 32.3 Å². The number of carbonyl (C=O) groups excluding carboxylic acids is 1. The van der Waals surface area contributed by atoms with Crippen LogP contribution in [-0.4, -0.2) is 37.0 Å². The predicted molar refractivity (Wildman–Crippen MR) is 74.1 cm³/mol. The summed E-state index contributed by atoms with van der Waals surface area (Å²) in [5.41, 5.74) is 1.06. The second-order valence-electron chi connectivity index (χ2n) is 4.69. The summed E-state index contributed by atoms with van der Waals surface area (Å²) in [4.78, 5) is 13.9. The number of hydrogen-bond acceptors (Lipinski definition) is 2. The van der Waals surface area contributed by atoms with Crippen molar-refractivity contribution < 1.29 is 4.79 Å². The van der Waals surface area contributed by atoms with Gasteiger partial charge in [0, 0.05) is 25.7 Å². The third-order valence-corrected chi connectivity index (χ3v) is 3.38. The van der Waals surface area contributed by atoms with E-state index in [4.69, 9.17) is 0 Å². The largest absolute Gasteiger partial charge is 0.338 e. The highest BCUT2D eigenvalue weighted by Gasteiger charge is 2.19. The van der Waals surface area contributed by atoms with Gasteiger partial charge in [0.15, 0.2) is 0 Å². The second-order valence-corrected chi connectivity index (χ2v) is 4.69. The Balaban J connectivity index is 1.92. The molecule has 0 bridgehead atoms. The number of benzene rings is 1. The standard InChI is InChI=1S/C15H20N2O/c1-17(14-8-5-11-16-12-14)15(18)10-9-13-6-3-2-4-7-13/h2-4,6-7,9-10,14,16H,5,8,11-12H2,1H3. The van der Waals surface area contributed by atoms with Crippen LogP contribution in [-0.2, 0) is 4.79 Å². The molecule has 1 atom stereocenters. The van der Waals surface area contributed by atoms with Crippen molar-refractivity contribution >= 4 is 12.0 Å². The fourth-order valence-electron chi connectivity index (χ4n) is 2.19. The SMILES string of the molecule is CN(C(=O)C=Cc1ccccc1)C1CCCNC1. The van der Waals surface area contributed by atoms with Gasteiger partial charge in [0.1, 0.15) is 0 Å². The summed E-state index contributed by atoms with van der Waals surface area (Å²) < 4.78 is 0. The van der Waals surface area contributed by atoms with E-state index in [2.05, 4.69) is 5.32 Å². The van der Waals surface area contributed by atoms with Crippen LogP contribution in [0.15, 0.2) is 36.4 Å². The molecule has 1 saturated heterocycles. The van der Waals surface area contributed by atoms with Gasteiger partial charge in [-0.2, -0.15) is 0 Å². The lowest BCUT2D eigenvalue weighted by molar-refractivity contribution is -0.127. The van der Waals surface area contributed by atoms with Crippen LogP contribution in [0.25, 0.3) is 6.08 Å². The van der Waals surface area contributed by atoms with Gasteiger partial charge in [-0.05, 0) is 31.0 Å². The van der Waals surface area contributed by atoms with Gasteiger partial charge < -0.3 is 10.2 Å². The summed E-state index contributed by atoms with van der Waals surface area (Å²) in [7, 11) is 1.88. The van der Waals surface area contributed by atoms with E-state index in [-0.39, 0.29) is 5.91 Å². The number of hydrogen-bond donors (Lipinski definition) is 1. The van der Waals surface area contributed by atoms with E-state index in [0.29, 0.717) is 6.04 Å². The first kappa shape index (κ1) is 12.8. The molecule has 1 unspecified atom stereocenters. The molecule has 0 saturated carbocycles. The summed E-state index contributed by atoms with van der Waals surface area (Å²) in [5, 5.41) is 3.33. The number of carbonyl (C=O) groups is 1. The van der Waals surface area contributed by atoms with Crippen LogP contribution in [0.2, 0.25) is 0 Å². The zero-order chi connectivity index (χ0) is 12.8. The zero-order valence-corrected chi connectivity index (χ0v) is 10.8. The van der Waals surface area contributed by atoms with Gasteiger partial charge in [-0.3, -0.25) is 4.79 Å². The van der Waals surface area contributed by atoms with Gasteiger partial charge >= 0.3 is 0 Å².